The van der Waals surface area contributed by atoms with Crippen LogP contribution in [0.5, 0.6) is 0 Å². The van der Waals surface area contributed by atoms with Gasteiger partial charge in [0, 0.05) is 6.26 Å². The fraction of sp³-hybridized carbons (Fsp3) is 0.667. The summed E-state index contributed by atoms with van der Waals surface area (Å²) in [6.45, 7) is 10.2. The Labute approximate surface area is 93.0 Å². The highest BCUT2D eigenvalue weighted by Crippen LogP contribution is 2.41. The Kier molecular flexibility index (Phi) is 3.15. The predicted octanol–water partition coefficient (Wildman–Crippen LogP) is 3.07. The van der Waals surface area contributed by atoms with Gasteiger partial charge < -0.3 is 0 Å². The summed E-state index contributed by atoms with van der Waals surface area (Å²) >= 11 is 0. The van der Waals surface area contributed by atoms with Crippen LogP contribution in [0.4, 0.5) is 0 Å². The molecule has 0 N–H and O–H groups in total. The predicted molar refractivity (Wildman–Crippen MR) is 64.3 cm³/mol. The van der Waals surface area contributed by atoms with Crippen LogP contribution in [0.2, 0.25) is 0 Å². The first-order chi connectivity index (χ1) is 6.63. The third-order valence-corrected chi connectivity index (χ3v) is 4.24. The summed E-state index contributed by atoms with van der Waals surface area (Å²) in [5, 5.41) is 0. The van der Waals surface area contributed by atoms with E-state index in [1.54, 1.807) is 0 Å². The van der Waals surface area contributed by atoms with Crippen LogP contribution < -0.4 is 0 Å². The number of hydrogen-bond acceptors (Lipinski definition) is 2. The van der Waals surface area contributed by atoms with E-state index in [4.69, 9.17) is 0 Å². The minimum absolute atomic E-state index is 0.297. The van der Waals surface area contributed by atoms with Crippen molar-refractivity contribution in [3.05, 3.63) is 22.6 Å². The lowest BCUT2D eigenvalue weighted by molar-refractivity contribution is 0.315. The van der Waals surface area contributed by atoms with Gasteiger partial charge in [-0.2, -0.15) is 0 Å². The van der Waals surface area contributed by atoms with E-state index >= 15 is 0 Å². The Balaban J connectivity index is 3.04. The van der Waals surface area contributed by atoms with Gasteiger partial charge in [0.25, 0.3) is 0 Å². The zero-order chi connectivity index (χ0) is 11.9. The zero-order valence-electron chi connectivity index (χ0n) is 10.1. The third-order valence-electron chi connectivity index (χ3n) is 3.09. The van der Waals surface area contributed by atoms with Crippen LogP contribution in [0.25, 0.3) is 0 Å². The van der Waals surface area contributed by atoms with Crippen molar-refractivity contribution < 1.29 is 8.42 Å². The van der Waals surface area contributed by atoms with E-state index < -0.39 is 9.84 Å². The molecule has 0 spiro atoms. The molecule has 0 radical (unpaired) electrons. The van der Waals surface area contributed by atoms with Crippen LogP contribution in [0, 0.1) is 5.41 Å². The lowest BCUT2D eigenvalue weighted by atomic mass is 9.75. The fourth-order valence-corrected chi connectivity index (χ4v) is 2.91. The molecule has 2 nitrogen and oxygen atoms in total. The van der Waals surface area contributed by atoms with Crippen LogP contribution in [0.1, 0.15) is 40.0 Å². The smallest absolute Gasteiger partial charge is 0.175 e. The fourth-order valence-electron chi connectivity index (χ4n) is 2.19. The Morgan fingerprint density at radius 3 is 2.33 bits per heavy atom. The number of rotatable bonds is 2. The van der Waals surface area contributed by atoms with Crippen molar-refractivity contribution >= 4 is 9.84 Å². The highest BCUT2D eigenvalue weighted by atomic mass is 32.2. The van der Waals surface area contributed by atoms with Crippen molar-refractivity contribution in [2.45, 2.75) is 40.0 Å². The molecule has 0 aliphatic heterocycles. The lowest BCUT2D eigenvalue weighted by Crippen LogP contribution is -2.19. The standard InChI is InChI=1S/C12H20O2S/c1-9-8-12(3,4)7-6-11(9)10(2)15(5,13)14/h2,6-8H2,1,3-5H3. The van der Waals surface area contributed by atoms with Gasteiger partial charge in [-0.25, -0.2) is 8.42 Å². The topological polar surface area (TPSA) is 34.1 Å². The molecule has 1 rings (SSSR count). The van der Waals surface area contributed by atoms with Crippen LogP contribution >= 0.6 is 0 Å². The van der Waals surface area contributed by atoms with Gasteiger partial charge in [0.05, 0.1) is 4.91 Å². The van der Waals surface area contributed by atoms with E-state index in [1.807, 2.05) is 6.92 Å². The first-order valence-corrected chi connectivity index (χ1v) is 7.10. The molecule has 0 heterocycles. The lowest BCUT2D eigenvalue weighted by Gasteiger charge is -2.32. The van der Waals surface area contributed by atoms with Crippen molar-refractivity contribution in [2.24, 2.45) is 5.41 Å². The Hall–Kier alpha value is -0.570. The molecule has 0 aromatic heterocycles. The number of allylic oxidation sites excluding steroid dienone is 2. The summed E-state index contributed by atoms with van der Waals surface area (Å²) in [6.07, 6.45) is 4.07. The molecule has 0 amide bonds. The van der Waals surface area contributed by atoms with Gasteiger partial charge in [0.1, 0.15) is 0 Å². The monoisotopic (exact) mass is 228 g/mol. The molecule has 0 atom stereocenters. The number of hydrogen-bond donors (Lipinski definition) is 0. The molecule has 0 unspecified atom stereocenters. The van der Waals surface area contributed by atoms with E-state index in [-0.39, 0.29) is 0 Å². The maximum Gasteiger partial charge on any atom is 0.175 e. The second kappa shape index (κ2) is 3.78. The first-order valence-electron chi connectivity index (χ1n) is 5.21. The van der Waals surface area contributed by atoms with Crippen LogP contribution in [-0.4, -0.2) is 14.7 Å². The van der Waals surface area contributed by atoms with Crippen molar-refractivity contribution in [1.29, 1.82) is 0 Å². The van der Waals surface area contributed by atoms with Crippen molar-refractivity contribution in [2.75, 3.05) is 6.26 Å². The largest absolute Gasteiger partial charge is 0.224 e. The molecule has 15 heavy (non-hydrogen) atoms. The maximum absolute atomic E-state index is 11.4. The van der Waals surface area contributed by atoms with Gasteiger partial charge in [-0.15, -0.1) is 0 Å². The van der Waals surface area contributed by atoms with Crippen molar-refractivity contribution in [3.8, 4) is 0 Å². The second-order valence-electron chi connectivity index (χ2n) is 5.30. The molecule has 0 bridgehead atoms. The summed E-state index contributed by atoms with van der Waals surface area (Å²) in [5.74, 6) is 0. The summed E-state index contributed by atoms with van der Waals surface area (Å²) < 4.78 is 22.8. The highest BCUT2D eigenvalue weighted by Gasteiger charge is 2.28. The summed E-state index contributed by atoms with van der Waals surface area (Å²) in [6, 6.07) is 0. The SMILES string of the molecule is C=C(C1=C(C)CC(C)(C)CC1)S(C)(=O)=O. The first kappa shape index (κ1) is 12.5. The quantitative estimate of drug-likeness (QED) is 0.728. The highest BCUT2D eigenvalue weighted by molar-refractivity contribution is 7.94. The molecule has 0 aromatic rings. The van der Waals surface area contributed by atoms with Gasteiger partial charge in [0.15, 0.2) is 9.84 Å². The van der Waals surface area contributed by atoms with Crippen LogP contribution in [0.15, 0.2) is 22.6 Å². The van der Waals surface area contributed by atoms with Gasteiger partial charge >= 0.3 is 0 Å². The molecule has 1 aliphatic carbocycles. The minimum atomic E-state index is -3.12. The van der Waals surface area contributed by atoms with Crippen LogP contribution in [0.3, 0.4) is 0 Å². The van der Waals surface area contributed by atoms with Crippen molar-refractivity contribution in [1.82, 2.24) is 0 Å². The molecular weight excluding hydrogens is 208 g/mol. The molecule has 0 aromatic carbocycles. The zero-order valence-corrected chi connectivity index (χ0v) is 10.9. The second-order valence-corrected chi connectivity index (χ2v) is 7.33. The minimum Gasteiger partial charge on any atom is -0.224 e. The van der Waals surface area contributed by atoms with Gasteiger partial charge in [-0.05, 0) is 37.2 Å². The molecular formula is C12H20O2S. The van der Waals surface area contributed by atoms with E-state index in [9.17, 15) is 8.42 Å². The normalized spacial score (nSPS) is 21.6. The van der Waals surface area contributed by atoms with Crippen molar-refractivity contribution in [3.63, 3.8) is 0 Å². The van der Waals surface area contributed by atoms with E-state index in [1.165, 1.54) is 11.8 Å². The molecule has 86 valence electrons. The third kappa shape index (κ3) is 2.94. The molecule has 0 saturated heterocycles. The van der Waals surface area contributed by atoms with Gasteiger partial charge in [-0.1, -0.05) is 26.0 Å². The van der Waals surface area contributed by atoms with E-state index in [0.717, 1.165) is 24.8 Å². The molecule has 3 heteroatoms. The Morgan fingerprint density at radius 1 is 1.40 bits per heavy atom. The summed E-state index contributed by atoms with van der Waals surface area (Å²) in [5.41, 5.74) is 2.43. The molecule has 0 fully saturated rings. The molecule has 1 aliphatic rings. The Bertz CT molecular complexity index is 411. The number of sulfone groups is 1. The Morgan fingerprint density at radius 2 is 1.93 bits per heavy atom. The van der Waals surface area contributed by atoms with E-state index in [2.05, 4.69) is 20.4 Å². The van der Waals surface area contributed by atoms with Crippen LogP contribution in [-0.2, 0) is 9.84 Å². The van der Waals surface area contributed by atoms with Gasteiger partial charge in [-0.3, -0.25) is 0 Å². The van der Waals surface area contributed by atoms with Gasteiger partial charge in [0.2, 0.25) is 0 Å². The molecule has 0 saturated carbocycles. The average molecular weight is 228 g/mol. The maximum atomic E-state index is 11.4. The van der Waals surface area contributed by atoms with E-state index in [0.29, 0.717) is 10.3 Å². The summed E-state index contributed by atoms with van der Waals surface area (Å²) in [7, 11) is -3.12. The summed E-state index contributed by atoms with van der Waals surface area (Å²) in [4.78, 5) is 0.315. The average Bonchev–Trinajstić information content (AvgIpc) is 1.99.